The molecular weight excluding hydrogens is 206 g/mol. The molecule has 0 N–H and O–H groups in total. The van der Waals surface area contributed by atoms with Gasteiger partial charge < -0.3 is 9.26 Å². The maximum atomic E-state index is 11.5. The van der Waals surface area contributed by atoms with Crippen LogP contribution < -0.4 is 4.74 Å². The van der Waals surface area contributed by atoms with E-state index in [9.17, 15) is 4.79 Å². The molecule has 0 radical (unpaired) electrons. The van der Waals surface area contributed by atoms with Gasteiger partial charge in [0.05, 0.1) is 7.11 Å². The molecule has 0 aliphatic carbocycles. The Bertz CT molecular complexity index is 502. The second kappa shape index (κ2) is 4.18. The lowest BCUT2D eigenvalue weighted by Crippen LogP contribution is -1.96. The van der Waals surface area contributed by atoms with Gasteiger partial charge >= 0.3 is 5.95 Å². The van der Waals surface area contributed by atoms with Crippen molar-refractivity contribution in [1.29, 1.82) is 0 Å². The second-order valence-corrected chi connectivity index (χ2v) is 3.32. The topological polar surface area (TPSA) is 52.3 Å². The van der Waals surface area contributed by atoms with E-state index in [-0.39, 0.29) is 11.7 Å². The lowest BCUT2D eigenvalue weighted by Gasteiger charge is -1.98. The normalized spacial score (nSPS) is 10.1. The Hall–Kier alpha value is -2.10. The minimum absolute atomic E-state index is 0.128. The highest BCUT2D eigenvalue weighted by molar-refractivity contribution is 6.01. The largest absolute Gasteiger partial charge is 0.467 e. The quantitative estimate of drug-likeness (QED) is 0.741. The van der Waals surface area contributed by atoms with E-state index < -0.39 is 0 Å². The van der Waals surface area contributed by atoms with Gasteiger partial charge in [0.1, 0.15) is 11.3 Å². The smallest absolute Gasteiger partial charge is 0.322 e. The molecule has 0 amide bonds. The number of Topliss-reactive ketones (excluding diaryl/α,β-unsaturated/α-hetero) is 1. The average Bonchev–Trinajstić information content (AvgIpc) is 2.73. The van der Waals surface area contributed by atoms with E-state index in [0.29, 0.717) is 11.3 Å². The molecule has 1 aromatic heterocycles. The van der Waals surface area contributed by atoms with Crippen LogP contribution in [-0.2, 0) is 0 Å². The Morgan fingerprint density at radius 1 is 1.31 bits per heavy atom. The zero-order valence-corrected chi connectivity index (χ0v) is 9.06. The number of carbonyl (C=O) groups is 1. The molecule has 0 saturated heterocycles. The van der Waals surface area contributed by atoms with Crippen molar-refractivity contribution in [2.75, 3.05) is 7.11 Å². The average molecular weight is 217 g/mol. The Balaban J connectivity index is 2.58. The number of rotatable bonds is 3. The van der Waals surface area contributed by atoms with Crippen molar-refractivity contribution < 1.29 is 14.1 Å². The standard InChI is InChI=1S/C12H11NO3/c1-8(14)10-11(13-16-12(10)15-2)9-6-4-3-5-7-9/h3-7H,1-2H3. The summed E-state index contributed by atoms with van der Waals surface area (Å²) in [6.45, 7) is 1.46. The molecule has 0 fully saturated rings. The summed E-state index contributed by atoms with van der Waals surface area (Å²) >= 11 is 0. The van der Waals surface area contributed by atoms with Gasteiger partial charge in [-0.1, -0.05) is 35.5 Å². The monoisotopic (exact) mass is 217 g/mol. The summed E-state index contributed by atoms with van der Waals surface area (Å²) in [4.78, 5) is 11.5. The summed E-state index contributed by atoms with van der Waals surface area (Å²) in [7, 11) is 1.45. The van der Waals surface area contributed by atoms with E-state index in [2.05, 4.69) is 5.16 Å². The predicted octanol–water partition coefficient (Wildman–Crippen LogP) is 2.55. The number of ether oxygens (including phenoxy) is 1. The van der Waals surface area contributed by atoms with Crippen LogP contribution in [0.5, 0.6) is 5.95 Å². The molecule has 0 atom stereocenters. The van der Waals surface area contributed by atoms with E-state index in [1.807, 2.05) is 30.3 Å². The van der Waals surface area contributed by atoms with Crippen molar-refractivity contribution in [1.82, 2.24) is 5.16 Å². The number of aromatic nitrogens is 1. The number of nitrogens with zero attached hydrogens (tertiary/aromatic N) is 1. The fraction of sp³-hybridized carbons (Fsp3) is 0.167. The third kappa shape index (κ3) is 1.69. The first-order valence-corrected chi connectivity index (χ1v) is 4.84. The number of hydrogen-bond donors (Lipinski definition) is 0. The second-order valence-electron chi connectivity index (χ2n) is 3.32. The van der Waals surface area contributed by atoms with Crippen LogP contribution in [0.25, 0.3) is 11.3 Å². The number of methoxy groups -OCH3 is 1. The molecular formula is C12H11NO3. The van der Waals surface area contributed by atoms with Crippen LogP contribution in [0.3, 0.4) is 0 Å². The lowest BCUT2D eigenvalue weighted by atomic mass is 10.1. The zero-order valence-electron chi connectivity index (χ0n) is 9.06. The third-order valence-electron chi connectivity index (χ3n) is 2.25. The fourth-order valence-corrected chi connectivity index (χ4v) is 1.52. The van der Waals surface area contributed by atoms with Gasteiger partial charge in [-0.15, -0.1) is 0 Å². The molecule has 0 spiro atoms. The van der Waals surface area contributed by atoms with E-state index in [0.717, 1.165) is 5.56 Å². The highest BCUT2D eigenvalue weighted by Crippen LogP contribution is 2.30. The van der Waals surface area contributed by atoms with Gasteiger partial charge in [-0.05, 0) is 6.92 Å². The van der Waals surface area contributed by atoms with E-state index in [4.69, 9.17) is 9.26 Å². The van der Waals surface area contributed by atoms with Crippen LogP contribution in [0, 0.1) is 0 Å². The highest BCUT2D eigenvalue weighted by atomic mass is 16.6. The van der Waals surface area contributed by atoms with Crippen LogP contribution in [0.15, 0.2) is 34.9 Å². The Morgan fingerprint density at radius 3 is 2.56 bits per heavy atom. The summed E-state index contributed by atoms with van der Waals surface area (Å²) in [6.07, 6.45) is 0. The number of benzene rings is 1. The lowest BCUT2D eigenvalue weighted by molar-refractivity contribution is 0.101. The van der Waals surface area contributed by atoms with Crippen molar-refractivity contribution in [3.63, 3.8) is 0 Å². The number of ketones is 1. The van der Waals surface area contributed by atoms with Crippen molar-refractivity contribution in [3.05, 3.63) is 35.9 Å². The van der Waals surface area contributed by atoms with Crippen molar-refractivity contribution in [3.8, 4) is 17.2 Å². The SMILES string of the molecule is COc1onc(-c2ccccc2)c1C(C)=O. The molecule has 2 aromatic rings. The Labute approximate surface area is 92.8 Å². The molecule has 16 heavy (non-hydrogen) atoms. The maximum absolute atomic E-state index is 11.5. The highest BCUT2D eigenvalue weighted by Gasteiger charge is 2.21. The summed E-state index contributed by atoms with van der Waals surface area (Å²) in [5.74, 6) is 0.0308. The molecule has 0 saturated carbocycles. The van der Waals surface area contributed by atoms with Gasteiger partial charge in [-0.25, -0.2) is 0 Å². The van der Waals surface area contributed by atoms with Gasteiger partial charge in [-0.2, -0.15) is 0 Å². The number of hydrogen-bond acceptors (Lipinski definition) is 4. The van der Waals surface area contributed by atoms with E-state index >= 15 is 0 Å². The van der Waals surface area contributed by atoms with E-state index in [1.165, 1.54) is 14.0 Å². The van der Waals surface area contributed by atoms with E-state index in [1.54, 1.807) is 0 Å². The fourth-order valence-electron chi connectivity index (χ4n) is 1.52. The molecule has 0 aliphatic rings. The number of carbonyl (C=O) groups excluding carboxylic acids is 1. The summed E-state index contributed by atoms with van der Waals surface area (Å²) in [6, 6.07) is 9.38. The molecule has 4 heteroatoms. The van der Waals surface area contributed by atoms with Crippen LogP contribution >= 0.6 is 0 Å². The molecule has 82 valence electrons. The molecule has 2 rings (SSSR count). The van der Waals surface area contributed by atoms with Crippen LogP contribution in [0.2, 0.25) is 0 Å². The zero-order chi connectivity index (χ0) is 11.5. The van der Waals surface area contributed by atoms with Gasteiger partial charge in [-0.3, -0.25) is 4.79 Å². The summed E-state index contributed by atoms with van der Waals surface area (Å²) in [5, 5.41) is 3.86. The molecule has 0 bridgehead atoms. The first-order chi connectivity index (χ1) is 7.74. The maximum Gasteiger partial charge on any atom is 0.322 e. The summed E-state index contributed by atoms with van der Waals surface area (Å²) in [5.41, 5.74) is 1.73. The van der Waals surface area contributed by atoms with Gasteiger partial charge in [0.25, 0.3) is 0 Å². The van der Waals surface area contributed by atoms with Crippen molar-refractivity contribution in [2.24, 2.45) is 0 Å². The van der Waals surface area contributed by atoms with Gasteiger partial charge in [0.2, 0.25) is 0 Å². The predicted molar refractivity (Wildman–Crippen MR) is 58.5 cm³/mol. The van der Waals surface area contributed by atoms with Gasteiger partial charge in [0.15, 0.2) is 5.78 Å². The minimum Gasteiger partial charge on any atom is -0.467 e. The van der Waals surface area contributed by atoms with Crippen LogP contribution in [0.1, 0.15) is 17.3 Å². The first kappa shape index (κ1) is 10.4. The first-order valence-electron chi connectivity index (χ1n) is 4.84. The van der Waals surface area contributed by atoms with Crippen LogP contribution in [-0.4, -0.2) is 18.0 Å². The molecule has 0 unspecified atom stereocenters. The third-order valence-corrected chi connectivity index (χ3v) is 2.25. The van der Waals surface area contributed by atoms with Gasteiger partial charge in [0, 0.05) is 5.56 Å². The molecule has 1 heterocycles. The van der Waals surface area contributed by atoms with Crippen molar-refractivity contribution >= 4 is 5.78 Å². The molecule has 1 aromatic carbocycles. The Kier molecular flexibility index (Phi) is 2.72. The van der Waals surface area contributed by atoms with Crippen LogP contribution in [0.4, 0.5) is 0 Å². The minimum atomic E-state index is -0.128. The summed E-state index contributed by atoms with van der Waals surface area (Å²) < 4.78 is 9.93. The molecule has 0 aliphatic heterocycles. The van der Waals surface area contributed by atoms with Crippen molar-refractivity contribution in [2.45, 2.75) is 6.92 Å². The Morgan fingerprint density at radius 2 is 2.00 bits per heavy atom. The molecule has 4 nitrogen and oxygen atoms in total.